The van der Waals surface area contributed by atoms with Crippen molar-refractivity contribution in [1.82, 2.24) is 0 Å². The van der Waals surface area contributed by atoms with Crippen LogP contribution in [0.4, 0.5) is 16.2 Å². The quantitative estimate of drug-likeness (QED) is 0.732. The maximum absolute atomic E-state index is 12.3. The molecule has 2 amide bonds. The number of amides is 2. The van der Waals surface area contributed by atoms with Crippen LogP contribution in [-0.4, -0.2) is 16.9 Å². The van der Waals surface area contributed by atoms with Gasteiger partial charge in [0.1, 0.15) is 0 Å². The summed E-state index contributed by atoms with van der Waals surface area (Å²) >= 11 is 1.26. The molecule has 1 aromatic rings. The summed E-state index contributed by atoms with van der Waals surface area (Å²) in [5.74, 6) is 0.797. The lowest BCUT2D eigenvalue weighted by molar-refractivity contribution is -0.124. The van der Waals surface area contributed by atoms with Gasteiger partial charge in [-0.3, -0.25) is 9.59 Å². The lowest BCUT2D eigenvalue weighted by atomic mass is 9.87. The minimum absolute atomic E-state index is 0.00168. The van der Waals surface area contributed by atoms with Gasteiger partial charge in [0.2, 0.25) is 5.91 Å². The average Bonchev–Trinajstić information content (AvgIpc) is 2.45. The summed E-state index contributed by atoms with van der Waals surface area (Å²) in [6.07, 6.45) is 2.76. The van der Waals surface area contributed by atoms with E-state index in [2.05, 4.69) is 17.6 Å². The summed E-state index contributed by atoms with van der Waals surface area (Å²) in [4.78, 5) is 24.0. The molecule has 0 fully saturated rings. The van der Waals surface area contributed by atoms with E-state index >= 15 is 0 Å². The number of hydrogen-bond acceptors (Lipinski definition) is 3. The van der Waals surface area contributed by atoms with E-state index in [1.807, 2.05) is 39.0 Å². The normalized spacial score (nSPS) is 11.1. The minimum Gasteiger partial charge on any atom is -0.326 e. The van der Waals surface area contributed by atoms with Crippen LogP contribution in [0.25, 0.3) is 0 Å². The van der Waals surface area contributed by atoms with Gasteiger partial charge in [-0.15, -0.1) is 0 Å². The Hall–Kier alpha value is -1.49. The summed E-state index contributed by atoms with van der Waals surface area (Å²) in [5, 5.41) is 5.68. The second kappa shape index (κ2) is 8.83. The molecule has 0 aliphatic heterocycles. The number of benzene rings is 1. The van der Waals surface area contributed by atoms with Crippen molar-refractivity contribution >= 4 is 34.3 Å². The Morgan fingerprint density at radius 1 is 1.09 bits per heavy atom. The molecule has 0 heterocycles. The van der Waals surface area contributed by atoms with Crippen LogP contribution in [0.2, 0.25) is 0 Å². The maximum Gasteiger partial charge on any atom is 0.283 e. The third-order valence-corrected chi connectivity index (χ3v) is 4.27. The Bertz CT molecular complexity index is 515. The molecule has 0 aliphatic rings. The van der Waals surface area contributed by atoms with Crippen LogP contribution < -0.4 is 10.6 Å². The van der Waals surface area contributed by atoms with E-state index in [1.54, 1.807) is 6.07 Å². The summed E-state index contributed by atoms with van der Waals surface area (Å²) in [7, 11) is 0. The Kier molecular flexibility index (Phi) is 7.45. The van der Waals surface area contributed by atoms with Crippen molar-refractivity contribution in [2.45, 2.75) is 47.0 Å². The summed E-state index contributed by atoms with van der Waals surface area (Å²) < 4.78 is 0. The van der Waals surface area contributed by atoms with Crippen molar-refractivity contribution in [3.63, 3.8) is 0 Å². The zero-order valence-electron chi connectivity index (χ0n) is 13.9. The van der Waals surface area contributed by atoms with Crippen LogP contribution in [0.1, 0.15) is 47.0 Å². The van der Waals surface area contributed by atoms with E-state index in [0.717, 1.165) is 25.0 Å². The second-order valence-electron chi connectivity index (χ2n) is 5.93. The van der Waals surface area contributed by atoms with E-state index in [-0.39, 0.29) is 11.1 Å². The second-order valence-corrected chi connectivity index (χ2v) is 7.00. The van der Waals surface area contributed by atoms with E-state index in [9.17, 15) is 9.59 Å². The first-order chi connectivity index (χ1) is 10.4. The molecule has 0 saturated heterocycles. The molecule has 0 unspecified atom stereocenters. The smallest absolute Gasteiger partial charge is 0.283 e. The van der Waals surface area contributed by atoms with Gasteiger partial charge in [-0.05, 0) is 31.0 Å². The molecule has 0 aromatic heterocycles. The average molecular weight is 322 g/mol. The van der Waals surface area contributed by atoms with E-state index in [0.29, 0.717) is 11.4 Å². The van der Waals surface area contributed by atoms with Crippen LogP contribution in [0.15, 0.2) is 24.3 Å². The van der Waals surface area contributed by atoms with Crippen molar-refractivity contribution in [2.24, 2.45) is 5.41 Å². The van der Waals surface area contributed by atoms with E-state index < -0.39 is 5.41 Å². The Balaban J connectivity index is 2.68. The Morgan fingerprint density at radius 3 is 2.32 bits per heavy atom. The largest absolute Gasteiger partial charge is 0.326 e. The molecule has 1 rings (SSSR count). The molecule has 1 aromatic carbocycles. The van der Waals surface area contributed by atoms with Gasteiger partial charge in [-0.1, -0.05) is 51.9 Å². The molecular formula is C17H26N2O2S. The highest BCUT2D eigenvalue weighted by atomic mass is 32.2. The molecule has 22 heavy (non-hydrogen) atoms. The Morgan fingerprint density at radius 2 is 1.73 bits per heavy atom. The van der Waals surface area contributed by atoms with Crippen molar-refractivity contribution in [3.05, 3.63) is 24.3 Å². The fourth-order valence-corrected chi connectivity index (χ4v) is 2.64. The van der Waals surface area contributed by atoms with Crippen molar-refractivity contribution in [3.8, 4) is 0 Å². The minimum atomic E-state index is -0.398. The highest BCUT2D eigenvalue weighted by molar-refractivity contribution is 8.13. The van der Waals surface area contributed by atoms with Gasteiger partial charge in [0, 0.05) is 22.5 Å². The molecule has 0 bridgehead atoms. The predicted molar refractivity (Wildman–Crippen MR) is 95.5 cm³/mol. The van der Waals surface area contributed by atoms with Gasteiger partial charge < -0.3 is 10.6 Å². The van der Waals surface area contributed by atoms with Gasteiger partial charge in [-0.25, -0.2) is 0 Å². The zero-order valence-corrected chi connectivity index (χ0v) is 14.7. The lowest BCUT2D eigenvalue weighted by Crippen LogP contribution is -2.30. The molecule has 5 heteroatoms. The van der Waals surface area contributed by atoms with Crippen molar-refractivity contribution in [2.75, 3.05) is 16.4 Å². The summed E-state index contributed by atoms with van der Waals surface area (Å²) in [6, 6.07) is 7.25. The van der Waals surface area contributed by atoms with Gasteiger partial charge in [-0.2, -0.15) is 0 Å². The molecule has 122 valence electrons. The van der Waals surface area contributed by atoms with E-state index in [4.69, 9.17) is 0 Å². The maximum atomic E-state index is 12.3. The van der Waals surface area contributed by atoms with Gasteiger partial charge in [0.05, 0.1) is 0 Å². The standard InChI is InChI=1S/C17H26N2O2S/c1-5-10-17(3,4)15(20)18-13-8-7-9-14(12-13)19-16(21)22-11-6-2/h7-9,12H,5-6,10-11H2,1-4H3,(H,18,20)(H,19,21). The monoisotopic (exact) mass is 322 g/mol. The molecule has 0 spiro atoms. The lowest BCUT2D eigenvalue weighted by Gasteiger charge is -2.23. The van der Waals surface area contributed by atoms with Crippen LogP contribution in [0.5, 0.6) is 0 Å². The number of thioether (sulfide) groups is 1. The SMILES string of the molecule is CCCSC(=O)Nc1cccc(NC(=O)C(C)(C)CCC)c1. The first-order valence-corrected chi connectivity index (χ1v) is 8.73. The highest BCUT2D eigenvalue weighted by Crippen LogP contribution is 2.25. The zero-order chi connectivity index (χ0) is 16.6. The number of hydrogen-bond donors (Lipinski definition) is 2. The fraction of sp³-hybridized carbons (Fsp3) is 0.529. The summed E-state index contributed by atoms with van der Waals surface area (Å²) in [5.41, 5.74) is 0.998. The van der Waals surface area contributed by atoms with Crippen LogP contribution >= 0.6 is 11.8 Å². The first-order valence-electron chi connectivity index (χ1n) is 7.74. The van der Waals surface area contributed by atoms with Crippen LogP contribution in [0.3, 0.4) is 0 Å². The summed E-state index contributed by atoms with van der Waals surface area (Å²) in [6.45, 7) is 7.99. The first kappa shape index (κ1) is 18.6. The van der Waals surface area contributed by atoms with E-state index in [1.165, 1.54) is 11.8 Å². The molecule has 0 saturated carbocycles. The van der Waals surface area contributed by atoms with Crippen LogP contribution in [-0.2, 0) is 4.79 Å². The third kappa shape index (κ3) is 6.10. The third-order valence-electron chi connectivity index (χ3n) is 3.29. The molecular weight excluding hydrogens is 296 g/mol. The number of rotatable bonds is 7. The number of carbonyl (C=O) groups is 2. The fourth-order valence-electron chi connectivity index (χ4n) is 2.06. The van der Waals surface area contributed by atoms with Crippen molar-refractivity contribution < 1.29 is 9.59 Å². The topological polar surface area (TPSA) is 58.2 Å². The van der Waals surface area contributed by atoms with Crippen LogP contribution in [0, 0.1) is 5.41 Å². The molecule has 0 aliphatic carbocycles. The number of nitrogens with one attached hydrogen (secondary N) is 2. The highest BCUT2D eigenvalue weighted by Gasteiger charge is 2.26. The van der Waals surface area contributed by atoms with Gasteiger partial charge in [0.15, 0.2) is 0 Å². The molecule has 0 radical (unpaired) electrons. The van der Waals surface area contributed by atoms with Gasteiger partial charge in [0.25, 0.3) is 5.24 Å². The number of carbonyl (C=O) groups excluding carboxylic acids is 2. The number of anilines is 2. The molecule has 2 N–H and O–H groups in total. The predicted octanol–water partition coefficient (Wildman–Crippen LogP) is 5.13. The molecule has 4 nitrogen and oxygen atoms in total. The van der Waals surface area contributed by atoms with Gasteiger partial charge >= 0.3 is 0 Å². The van der Waals surface area contributed by atoms with Crippen molar-refractivity contribution in [1.29, 1.82) is 0 Å². The molecule has 0 atom stereocenters. The Labute approximate surface area is 137 Å².